The van der Waals surface area contributed by atoms with Crippen LogP contribution in [0.25, 0.3) is 0 Å². The predicted molar refractivity (Wildman–Crippen MR) is 96.9 cm³/mol. The molecule has 0 spiro atoms. The molecular weight excluding hydrogens is 334 g/mol. The number of carbonyl (C=O) groups is 2. The van der Waals surface area contributed by atoms with Gasteiger partial charge in [0.25, 0.3) is 5.91 Å². The molecular formula is C18H21N5O3. The van der Waals surface area contributed by atoms with Crippen LogP contribution in [0.15, 0.2) is 36.5 Å². The Balaban J connectivity index is 1.74. The molecule has 3 heterocycles. The van der Waals surface area contributed by atoms with Crippen LogP contribution in [0.2, 0.25) is 0 Å². The molecule has 0 saturated carbocycles. The molecule has 1 aliphatic rings. The van der Waals surface area contributed by atoms with Gasteiger partial charge in [0.15, 0.2) is 0 Å². The van der Waals surface area contributed by atoms with E-state index in [0.29, 0.717) is 31.1 Å². The Hall–Kier alpha value is -3.00. The van der Waals surface area contributed by atoms with Gasteiger partial charge in [-0.3, -0.25) is 9.59 Å². The molecule has 0 bridgehead atoms. The Morgan fingerprint density at radius 2 is 2.12 bits per heavy atom. The quantitative estimate of drug-likeness (QED) is 0.866. The van der Waals surface area contributed by atoms with E-state index in [1.807, 2.05) is 18.2 Å². The first kappa shape index (κ1) is 17.8. The Morgan fingerprint density at radius 3 is 2.88 bits per heavy atom. The fraction of sp³-hybridized carbons (Fsp3) is 0.333. The van der Waals surface area contributed by atoms with Crippen LogP contribution < -0.4 is 10.6 Å². The Bertz CT molecular complexity index is 811. The van der Waals surface area contributed by atoms with Gasteiger partial charge in [0.1, 0.15) is 17.7 Å². The van der Waals surface area contributed by atoms with Gasteiger partial charge in [-0.25, -0.2) is 9.97 Å². The van der Waals surface area contributed by atoms with Crippen LogP contribution in [0.1, 0.15) is 29.1 Å². The van der Waals surface area contributed by atoms with E-state index in [-0.39, 0.29) is 17.9 Å². The summed E-state index contributed by atoms with van der Waals surface area (Å²) < 4.78 is 5.80. The average Bonchev–Trinajstić information content (AvgIpc) is 2.67. The molecule has 0 aromatic carbocycles. The van der Waals surface area contributed by atoms with Gasteiger partial charge in [0.2, 0.25) is 5.91 Å². The molecule has 0 radical (unpaired) electrons. The van der Waals surface area contributed by atoms with Crippen molar-refractivity contribution in [2.45, 2.75) is 13.0 Å². The van der Waals surface area contributed by atoms with Gasteiger partial charge in [-0.2, -0.15) is 0 Å². The molecule has 1 saturated heterocycles. The molecule has 0 aliphatic carbocycles. The van der Waals surface area contributed by atoms with Crippen molar-refractivity contribution in [3.8, 4) is 0 Å². The number of nitrogens with zero attached hydrogens (tertiary/aromatic N) is 3. The second-order valence-corrected chi connectivity index (χ2v) is 5.92. The predicted octanol–water partition coefficient (Wildman–Crippen LogP) is 1.69. The van der Waals surface area contributed by atoms with Crippen molar-refractivity contribution < 1.29 is 14.3 Å². The minimum Gasteiger partial charge on any atom is -0.373 e. The van der Waals surface area contributed by atoms with Crippen LogP contribution in [0.4, 0.5) is 11.6 Å². The average molecular weight is 355 g/mol. The van der Waals surface area contributed by atoms with E-state index in [0.717, 1.165) is 11.5 Å². The van der Waals surface area contributed by atoms with Crippen molar-refractivity contribution in [1.82, 2.24) is 14.9 Å². The second kappa shape index (κ2) is 7.92. The minimum atomic E-state index is -0.280. The SMILES string of the molecule is CNc1cccc([C@@H]2CN(C(=O)c3ccnc(NC(C)=O)c3)CCO2)n1. The molecule has 2 aromatic rings. The minimum absolute atomic E-state index is 0.128. The standard InChI is InChI=1S/C18H21N5O3/c1-12(24)21-17-10-13(6-7-20-17)18(25)23-8-9-26-15(11-23)14-4-3-5-16(19-2)22-14/h3-7,10,15H,8-9,11H2,1-2H3,(H,19,22)(H,20,21,24)/t15-/m0/s1. The number of anilines is 2. The van der Waals surface area contributed by atoms with Crippen LogP contribution in [0, 0.1) is 0 Å². The van der Waals surface area contributed by atoms with Crippen molar-refractivity contribution >= 4 is 23.5 Å². The van der Waals surface area contributed by atoms with E-state index in [1.54, 1.807) is 24.1 Å². The van der Waals surface area contributed by atoms with E-state index in [1.165, 1.54) is 13.1 Å². The zero-order chi connectivity index (χ0) is 18.5. The van der Waals surface area contributed by atoms with Gasteiger partial charge in [0.05, 0.1) is 18.8 Å². The number of morpholine rings is 1. The Morgan fingerprint density at radius 1 is 1.27 bits per heavy atom. The summed E-state index contributed by atoms with van der Waals surface area (Å²) in [6.45, 7) is 2.75. The molecule has 136 valence electrons. The lowest BCUT2D eigenvalue weighted by molar-refractivity contribution is -0.114. The molecule has 8 nitrogen and oxygen atoms in total. The highest BCUT2D eigenvalue weighted by Gasteiger charge is 2.27. The number of hydrogen-bond acceptors (Lipinski definition) is 6. The van der Waals surface area contributed by atoms with Gasteiger partial charge in [0, 0.05) is 32.3 Å². The van der Waals surface area contributed by atoms with E-state index in [9.17, 15) is 9.59 Å². The summed E-state index contributed by atoms with van der Waals surface area (Å²) in [7, 11) is 1.81. The molecule has 2 N–H and O–H groups in total. The monoisotopic (exact) mass is 355 g/mol. The van der Waals surface area contributed by atoms with Crippen molar-refractivity contribution in [3.63, 3.8) is 0 Å². The Kier molecular flexibility index (Phi) is 5.43. The van der Waals surface area contributed by atoms with E-state index in [4.69, 9.17) is 4.74 Å². The maximum atomic E-state index is 12.8. The maximum Gasteiger partial charge on any atom is 0.254 e. The molecule has 26 heavy (non-hydrogen) atoms. The van der Waals surface area contributed by atoms with Crippen molar-refractivity contribution in [2.24, 2.45) is 0 Å². The topological polar surface area (TPSA) is 96.5 Å². The second-order valence-electron chi connectivity index (χ2n) is 5.92. The first-order valence-corrected chi connectivity index (χ1v) is 8.36. The first-order valence-electron chi connectivity index (χ1n) is 8.36. The van der Waals surface area contributed by atoms with Crippen LogP contribution in [0.3, 0.4) is 0 Å². The zero-order valence-corrected chi connectivity index (χ0v) is 14.7. The van der Waals surface area contributed by atoms with E-state index < -0.39 is 0 Å². The molecule has 3 rings (SSSR count). The normalized spacial score (nSPS) is 16.8. The van der Waals surface area contributed by atoms with Gasteiger partial charge in [-0.1, -0.05) is 6.07 Å². The number of rotatable bonds is 4. The van der Waals surface area contributed by atoms with Crippen molar-refractivity contribution in [3.05, 3.63) is 47.8 Å². The third-order valence-electron chi connectivity index (χ3n) is 4.02. The number of pyridine rings is 2. The molecule has 8 heteroatoms. The first-order chi connectivity index (χ1) is 12.6. The summed E-state index contributed by atoms with van der Waals surface area (Å²) in [6.07, 6.45) is 1.23. The summed E-state index contributed by atoms with van der Waals surface area (Å²) in [5.41, 5.74) is 1.25. The fourth-order valence-corrected chi connectivity index (χ4v) is 2.78. The van der Waals surface area contributed by atoms with E-state index >= 15 is 0 Å². The number of carbonyl (C=O) groups excluding carboxylic acids is 2. The van der Waals surface area contributed by atoms with E-state index in [2.05, 4.69) is 20.6 Å². The highest BCUT2D eigenvalue weighted by atomic mass is 16.5. The smallest absolute Gasteiger partial charge is 0.254 e. The van der Waals surface area contributed by atoms with Crippen LogP contribution in [-0.2, 0) is 9.53 Å². The number of hydrogen-bond donors (Lipinski definition) is 2. The third-order valence-corrected chi connectivity index (χ3v) is 4.02. The zero-order valence-electron chi connectivity index (χ0n) is 14.7. The highest BCUT2D eigenvalue weighted by Crippen LogP contribution is 2.23. The van der Waals surface area contributed by atoms with Crippen LogP contribution >= 0.6 is 0 Å². The molecule has 1 fully saturated rings. The van der Waals surface area contributed by atoms with Crippen molar-refractivity contribution in [2.75, 3.05) is 37.4 Å². The summed E-state index contributed by atoms with van der Waals surface area (Å²) in [5.74, 6) is 0.751. The summed E-state index contributed by atoms with van der Waals surface area (Å²) in [5, 5.41) is 5.59. The molecule has 2 aromatic heterocycles. The molecule has 0 unspecified atom stereocenters. The number of ether oxygens (including phenoxy) is 1. The van der Waals surface area contributed by atoms with Crippen LogP contribution in [0.5, 0.6) is 0 Å². The molecule has 1 aliphatic heterocycles. The number of nitrogens with one attached hydrogen (secondary N) is 2. The summed E-state index contributed by atoms with van der Waals surface area (Å²) >= 11 is 0. The van der Waals surface area contributed by atoms with Crippen LogP contribution in [-0.4, -0.2) is 53.4 Å². The summed E-state index contributed by atoms with van der Waals surface area (Å²) in [6, 6.07) is 8.88. The number of amides is 2. The van der Waals surface area contributed by atoms with Gasteiger partial charge in [-0.05, 0) is 24.3 Å². The fourth-order valence-electron chi connectivity index (χ4n) is 2.78. The lowest BCUT2D eigenvalue weighted by Crippen LogP contribution is -2.42. The molecule has 2 amide bonds. The maximum absolute atomic E-state index is 12.8. The molecule has 1 atom stereocenters. The van der Waals surface area contributed by atoms with Gasteiger partial charge in [-0.15, -0.1) is 0 Å². The summed E-state index contributed by atoms with van der Waals surface area (Å²) in [4.78, 5) is 34.3. The van der Waals surface area contributed by atoms with Crippen molar-refractivity contribution in [1.29, 1.82) is 0 Å². The number of aromatic nitrogens is 2. The Labute approximate surface area is 151 Å². The van der Waals surface area contributed by atoms with Gasteiger partial charge >= 0.3 is 0 Å². The lowest BCUT2D eigenvalue weighted by Gasteiger charge is -2.32. The lowest BCUT2D eigenvalue weighted by atomic mass is 10.1. The third kappa shape index (κ3) is 4.15. The van der Waals surface area contributed by atoms with Gasteiger partial charge < -0.3 is 20.3 Å². The largest absolute Gasteiger partial charge is 0.373 e. The highest BCUT2D eigenvalue weighted by molar-refractivity contribution is 5.96.